The van der Waals surface area contributed by atoms with Crippen LogP contribution in [0.5, 0.6) is 5.75 Å². The molecule has 0 aliphatic heterocycles. The van der Waals surface area contributed by atoms with Gasteiger partial charge in [-0.05, 0) is 57.2 Å². The molecule has 4 heteroatoms. The lowest BCUT2D eigenvalue weighted by molar-refractivity contribution is -0.141. The predicted octanol–water partition coefficient (Wildman–Crippen LogP) is 3.68. The largest absolute Gasteiger partial charge is 0.460 e. The van der Waals surface area contributed by atoms with Gasteiger partial charge in [-0.2, -0.15) is 0 Å². The van der Waals surface area contributed by atoms with Crippen molar-refractivity contribution in [3.8, 4) is 5.75 Å². The second-order valence-corrected chi connectivity index (χ2v) is 5.74. The highest BCUT2D eigenvalue weighted by Crippen LogP contribution is 2.36. The minimum atomic E-state index is -0.547. The molecule has 0 saturated heterocycles. The highest BCUT2D eigenvalue weighted by atomic mass is 16.6. The monoisotopic (exact) mass is 304 g/mol. The summed E-state index contributed by atoms with van der Waals surface area (Å²) in [7, 11) is 0. The number of rotatable bonds is 4. The van der Waals surface area contributed by atoms with Gasteiger partial charge in [-0.1, -0.05) is 18.6 Å². The van der Waals surface area contributed by atoms with E-state index in [1.807, 2.05) is 26.0 Å². The number of esters is 1. The van der Waals surface area contributed by atoms with Crippen LogP contribution in [0.3, 0.4) is 0 Å². The molecule has 1 N–H and O–H groups in total. The summed E-state index contributed by atoms with van der Waals surface area (Å²) < 4.78 is 10.9. The maximum atomic E-state index is 12.0. The Balaban J connectivity index is 2.37. The molecule has 0 amide bonds. The van der Waals surface area contributed by atoms with Crippen molar-refractivity contribution in [3.63, 3.8) is 0 Å². The number of aliphatic hydroxyl groups is 1. The number of carbonyl (C=O) groups is 1. The molecule has 4 nitrogen and oxygen atoms in total. The van der Waals surface area contributed by atoms with Crippen molar-refractivity contribution in [3.05, 3.63) is 40.7 Å². The Labute approximate surface area is 131 Å². The van der Waals surface area contributed by atoms with Crippen LogP contribution < -0.4 is 4.74 Å². The van der Waals surface area contributed by atoms with Crippen molar-refractivity contribution in [2.24, 2.45) is 0 Å². The molecule has 0 bridgehead atoms. The average Bonchev–Trinajstić information content (AvgIpc) is 2.67. The minimum Gasteiger partial charge on any atom is -0.460 e. The first-order valence-electron chi connectivity index (χ1n) is 7.86. The Morgan fingerprint density at radius 1 is 1.32 bits per heavy atom. The summed E-state index contributed by atoms with van der Waals surface area (Å²) in [4.78, 5) is 12.0. The lowest BCUT2D eigenvalue weighted by atomic mass is 10.00. The molecular weight excluding hydrogens is 280 g/mol. The van der Waals surface area contributed by atoms with E-state index >= 15 is 0 Å². The lowest BCUT2D eigenvalue weighted by Crippen LogP contribution is -2.15. The van der Waals surface area contributed by atoms with Crippen LogP contribution in [0.15, 0.2) is 29.5 Å². The average molecular weight is 304 g/mol. The van der Waals surface area contributed by atoms with Crippen molar-refractivity contribution in [1.29, 1.82) is 0 Å². The van der Waals surface area contributed by atoms with Crippen molar-refractivity contribution in [2.45, 2.75) is 52.6 Å². The number of ether oxygens (including phenoxy) is 2. The van der Waals surface area contributed by atoms with Gasteiger partial charge in [0.05, 0.1) is 12.7 Å². The van der Waals surface area contributed by atoms with E-state index in [2.05, 4.69) is 0 Å². The van der Waals surface area contributed by atoms with Gasteiger partial charge in [0.25, 0.3) is 0 Å². The Hall–Kier alpha value is -1.81. The molecule has 0 saturated carbocycles. The van der Waals surface area contributed by atoms with Crippen LogP contribution in [0.2, 0.25) is 0 Å². The number of aliphatic hydroxyl groups excluding tert-OH is 1. The zero-order valence-corrected chi connectivity index (χ0v) is 13.5. The van der Waals surface area contributed by atoms with E-state index in [0.717, 1.165) is 42.4 Å². The third kappa shape index (κ3) is 3.69. The fourth-order valence-electron chi connectivity index (χ4n) is 2.73. The first-order chi connectivity index (χ1) is 10.5. The second-order valence-electron chi connectivity index (χ2n) is 5.74. The van der Waals surface area contributed by atoms with Crippen LogP contribution >= 0.6 is 0 Å². The zero-order chi connectivity index (χ0) is 16.1. The van der Waals surface area contributed by atoms with Crippen LogP contribution in [0.25, 0.3) is 0 Å². The molecule has 0 spiro atoms. The number of allylic oxidation sites excluding steroid dienone is 1. The molecule has 1 aliphatic carbocycles. The molecule has 1 aromatic carbocycles. The summed E-state index contributed by atoms with van der Waals surface area (Å²) >= 11 is 0. The number of hydrogen-bond donors (Lipinski definition) is 1. The normalized spacial score (nSPS) is 17.2. The first-order valence-corrected chi connectivity index (χ1v) is 7.86. The fourth-order valence-corrected chi connectivity index (χ4v) is 2.73. The van der Waals surface area contributed by atoms with Gasteiger partial charge in [-0.15, -0.1) is 0 Å². The molecule has 0 fully saturated rings. The van der Waals surface area contributed by atoms with Gasteiger partial charge < -0.3 is 14.6 Å². The molecule has 1 atom stereocenters. The standard InChI is InChI=1S/C18H24O4/c1-4-21-18(20)17(12(2)3)22-15-11-7-9-13-8-5-6-10-14(19)16(13)15/h7,9,11,14,19H,4-6,8,10H2,1-3H3. The minimum absolute atomic E-state index is 0.201. The molecule has 0 radical (unpaired) electrons. The van der Waals surface area contributed by atoms with E-state index < -0.39 is 12.1 Å². The van der Waals surface area contributed by atoms with Crippen LogP contribution in [0.1, 0.15) is 57.3 Å². The van der Waals surface area contributed by atoms with Gasteiger partial charge in [0.2, 0.25) is 5.76 Å². The number of carbonyl (C=O) groups excluding carboxylic acids is 1. The highest BCUT2D eigenvalue weighted by Gasteiger charge is 2.23. The Bertz CT molecular complexity index is 570. The zero-order valence-electron chi connectivity index (χ0n) is 13.5. The van der Waals surface area contributed by atoms with E-state index in [1.165, 1.54) is 0 Å². The molecule has 0 aromatic heterocycles. The molecule has 1 unspecified atom stereocenters. The Morgan fingerprint density at radius 3 is 2.77 bits per heavy atom. The SMILES string of the molecule is CCOC(=O)C(Oc1cccc2c1C(O)CCCC2)=C(C)C. The quantitative estimate of drug-likeness (QED) is 0.399. The second kappa shape index (κ2) is 7.45. The maximum Gasteiger partial charge on any atom is 0.374 e. The number of aryl methyl sites for hydroxylation is 1. The van der Waals surface area contributed by atoms with E-state index in [-0.39, 0.29) is 5.76 Å². The molecule has 22 heavy (non-hydrogen) atoms. The number of fused-ring (bicyclic) bond motifs is 1. The van der Waals surface area contributed by atoms with Gasteiger partial charge >= 0.3 is 5.97 Å². The van der Waals surface area contributed by atoms with Gasteiger partial charge in [-0.25, -0.2) is 4.79 Å². The van der Waals surface area contributed by atoms with E-state index in [4.69, 9.17) is 9.47 Å². The highest BCUT2D eigenvalue weighted by molar-refractivity contribution is 5.87. The van der Waals surface area contributed by atoms with Crippen LogP contribution in [-0.4, -0.2) is 17.7 Å². The van der Waals surface area contributed by atoms with Crippen molar-refractivity contribution < 1.29 is 19.4 Å². The summed E-state index contributed by atoms with van der Waals surface area (Å²) in [6.45, 7) is 5.68. The van der Waals surface area contributed by atoms with Gasteiger partial charge in [-0.3, -0.25) is 0 Å². The summed E-state index contributed by atoms with van der Waals surface area (Å²) in [5.41, 5.74) is 2.65. The number of hydrogen-bond acceptors (Lipinski definition) is 4. The van der Waals surface area contributed by atoms with Crippen molar-refractivity contribution in [2.75, 3.05) is 6.61 Å². The summed E-state index contributed by atoms with van der Waals surface area (Å²) in [6.07, 6.45) is 3.14. The van der Waals surface area contributed by atoms with E-state index in [1.54, 1.807) is 13.0 Å². The maximum absolute atomic E-state index is 12.0. The third-order valence-electron chi connectivity index (χ3n) is 3.79. The fraction of sp³-hybridized carbons (Fsp3) is 0.500. The Morgan fingerprint density at radius 2 is 2.09 bits per heavy atom. The van der Waals surface area contributed by atoms with Gasteiger partial charge in [0.15, 0.2) is 0 Å². The van der Waals surface area contributed by atoms with Crippen molar-refractivity contribution in [1.82, 2.24) is 0 Å². The molecule has 0 heterocycles. The molecular formula is C18H24O4. The first kappa shape index (κ1) is 16.6. The molecule has 1 aromatic rings. The summed E-state index contributed by atoms with van der Waals surface area (Å²) in [6, 6.07) is 5.72. The van der Waals surface area contributed by atoms with Gasteiger partial charge in [0, 0.05) is 5.56 Å². The molecule has 120 valence electrons. The molecule has 2 rings (SSSR count). The number of benzene rings is 1. The summed E-state index contributed by atoms with van der Waals surface area (Å²) in [5.74, 6) is 0.283. The van der Waals surface area contributed by atoms with Crippen LogP contribution in [0, 0.1) is 0 Å². The topological polar surface area (TPSA) is 55.8 Å². The summed E-state index contributed by atoms with van der Waals surface area (Å²) in [5, 5.41) is 10.4. The lowest BCUT2D eigenvalue weighted by Gasteiger charge is -2.18. The van der Waals surface area contributed by atoms with E-state index in [0.29, 0.717) is 12.4 Å². The smallest absolute Gasteiger partial charge is 0.374 e. The van der Waals surface area contributed by atoms with Crippen LogP contribution in [0.4, 0.5) is 0 Å². The third-order valence-corrected chi connectivity index (χ3v) is 3.79. The van der Waals surface area contributed by atoms with E-state index in [9.17, 15) is 9.90 Å². The Kier molecular flexibility index (Phi) is 5.61. The van der Waals surface area contributed by atoms with Gasteiger partial charge in [0.1, 0.15) is 5.75 Å². The van der Waals surface area contributed by atoms with Crippen LogP contribution in [-0.2, 0) is 16.0 Å². The van der Waals surface area contributed by atoms with Crippen molar-refractivity contribution >= 4 is 5.97 Å². The molecule has 1 aliphatic rings. The predicted molar refractivity (Wildman–Crippen MR) is 84.6 cm³/mol.